The summed E-state index contributed by atoms with van der Waals surface area (Å²) in [5, 5.41) is 6.92. The van der Waals surface area contributed by atoms with Crippen LogP contribution in [0.15, 0.2) is 6.20 Å². The SMILES string of the molecule is Cc1nn(CC(F)F)cc1C(=O)NC(CN)C1CCCCC1. The molecule has 1 atom stereocenters. The molecule has 0 spiro atoms. The van der Waals surface area contributed by atoms with E-state index in [-0.39, 0.29) is 11.9 Å². The van der Waals surface area contributed by atoms with Crippen LogP contribution in [0.3, 0.4) is 0 Å². The fourth-order valence-electron chi connectivity index (χ4n) is 3.13. The van der Waals surface area contributed by atoms with Gasteiger partial charge in [0.2, 0.25) is 0 Å². The number of amides is 1. The summed E-state index contributed by atoms with van der Waals surface area (Å²) in [6.07, 6.45) is 4.61. The van der Waals surface area contributed by atoms with Gasteiger partial charge in [-0.2, -0.15) is 5.10 Å². The highest BCUT2D eigenvalue weighted by molar-refractivity contribution is 5.95. The quantitative estimate of drug-likeness (QED) is 0.844. The minimum absolute atomic E-state index is 0.0642. The van der Waals surface area contributed by atoms with Gasteiger partial charge in [0.25, 0.3) is 12.3 Å². The monoisotopic (exact) mass is 314 g/mol. The van der Waals surface area contributed by atoms with Crippen molar-refractivity contribution in [2.45, 2.75) is 58.0 Å². The number of hydrogen-bond acceptors (Lipinski definition) is 3. The van der Waals surface area contributed by atoms with Crippen molar-refractivity contribution >= 4 is 5.91 Å². The molecule has 1 aromatic rings. The Morgan fingerprint density at radius 3 is 2.73 bits per heavy atom. The van der Waals surface area contributed by atoms with Crippen LogP contribution in [0, 0.1) is 12.8 Å². The minimum atomic E-state index is -2.49. The third-order valence-electron chi connectivity index (χ3n) is 4.31. The Labute approximate surface area is 129 Å². The van der Waals surface area contributed by atoms with Crippen LogP contribution in [0.5, 0.6) is 0 Å². The Morgan fingerprint density at radius 2 is 2.14 bits per heavy atom. The smallest absolute Gasteiger partial charge is 0.257 e. The van der Waals surface area contributed by atoms with Crippen molar-refractivity contribution in [1.82, 2.24) is 15.1 Å². The number of aryl methyl sites for hydroxylation is 1. The average molecular weight is 314 g/mol. The predicted molar refractivity (Wildman–Crippen MR) is 79.9 cm³/mol. The van der Waals surface area contributed by atoms with Crippen LogP contribution >= 0.6 is 0 Å². The van der Waals surface area contributed by atoms with Crippen LogP contribution < -0.4 is 11.1 Å². The number of rotatable bonds is 6. The maximum atomic E-state index is 12.4. The molecule has 1 amide bonds. The van der Waals surface area contributed by atoms with Crippen molar-refractivity contribution in [3.05, 3.63) is 17.5 Å². The van der Waals surface area contributed by atoms with E-state index in [1.54, 1.807) is 6.92 Å². The fraction of sp³-hybridized carbons (Fsp3) is 0.733. The van der Waals surface area contributed by atoms with Gasteiger partial charge in [-0.25, -0.2) is 8.78 Å². The maximum Gasteiger partial charge on any atom is 0.257 e. The number of halogens is 2. The number of nitrogens with one attached hydrogen (secondary N) is 1. The summed E-state index contributed by atoms with van der Waals surface area (Å²) in [6.45, 7) is 1.53. The van der Waals surface area contributed by atoms with Crippen LogP contribution in [0.1, 0.15) is 48.2 Å². The Bertz CT molecular complexity index is 498. The largest absolute Gasteiger partial charge is 0.348 e. The summed E-state index contributed by atoms with van der Waals surface area (Å²) in [6, 6.07) is -0.0642. The lowest BCUT2D eigenvalue weighted by atomic mass is 9.84. The van der Waals surface area contributed by atoms with Crippen LogP contribution in [0.25, 0.3) is 0 Å². The molecule has 0 aliphatic heterocycles. The van der Waals surface area contributed by atoms with Gasteiger partial charge in [-0.3, -0.25) is 9.48 Å². The van der Waals surface area contributed by atoms with Gasteiger partial charge in [0.15, 0.2) is 0 Å². The number of aromatic nitrogens is 2. The molecule has 2 rings (SSSR count). The number of carbonyl (C=O) groups excluding carboxylic acids is 1. The zero-order valence-corrected chi connectivity index (χ0v) is 12.9. The predicted octanol–water partition coefficient (Wildman–Crippen LogP) is 2.09. The topological polar surface area (TPSA) is 72.9 Å². The van der Waals surface area contributed by atoms with Gasteiger partial charge >= 0.3 is 0 Å². The Morgan fingerprint density at radius 1 is 1.45 bits per heavy atom. The summed E-state index contributed by atoms with van der Waals surface area (Å²) in [4.78, 5) is 12.4. The number of nitrogens with two attached hydrogens (primary N) is 1. The second-order valence-electron chi connectivity index (χ2n) is 5.96. The van der Waals surface area contributed by atoms with Crippen molar-refractivity contribution in [2.75, 3.05) is 6.54 Å². The Balaban J connectivity index is 2.02. The van der Waals surface area contributed by atoms with Gasteiger partial charge in [-0.1, -0.05) is 19.3 Å². The average Bonchev–Trinajstić information content (AvgIpc) is 2.85. The second kappa shape index (κ2) is 7.67. The van der Waals surface area contributed by atoms with Gasteiger partial charge in [-0.15, -0.1) is 0 Å². The summed E-state index contributed by atoms with van der Waals surface area (Å²) >= 11 is 0. The van der Waals surface area contributed by atoms with Gasteiger partial charge in [0.1, 0.15) is 6.54 Å². The molecular weight excluding hydrogens is 290 g/mol. The third kappa shape index (κ3) is 4.25. The second-order valence-corrected chi connectivity index (χ2v) is 5.96. The van der Waals surface area contributed by atoms with E-state index in [1.807, 2.05) is 0 Å². The molecule has 0 saturated heterocycles. The van der Waals surface area contributed by atoms with E-state index in [0.717, 1.165) is 17.5 Å². The van der Waals surface area contributed by atoms with E-state index in [1.165, 1.54) is 25.5 Å². The van der Waals surface area contributed by atoms with E-state index >= 15 is 0 Å². The van der Waals surface area contributed by atoms with Crippen LogP contribution in [0.4, 0.5) is 8.78 Å². The molecular formula is C15H24F2N4O. The first-order valence-electron chi connectivity index (χ1n) is 7.84. The van der Waals surface area contributed by atoms with Gasteiger partial charge in [-0.05, 0) is 25.7 Å². The van der Waals surface area contributed by atoms with E-state index in [4.69, 9.17) is 5.73 Å². The molecule has 1 heterocycles. The van der Waals surface area contributed by atoms with E-state index in [2.05, 4.69) is 10.4 Å². The highest BCUT2D eigenvalue weighted by atomic mass is 19.3. The summed E-state index contributed by atoms with van der Waals surface area (Å²) < 4.78 is 25.9. The molecule has 0 radical (unpaired) electrons. The zero-order valence-electron chi connectivity index (χ0n) is 12.9. The first-order valence-corrected chi connectivity index (χ1v) is 7.84. The van der Waals surface area contributed by atoms with Crippen molar-refractivity contribution in [1.29, 1.82) is 0 Å². The highest BCUT2D eigenvalue weighted by Crippen LogP contribution is 2.26. The van der Waals surface area contributed by atoms with Crippen molar-refractivity contribution in [3.63, 3.8) is 0 Å². The standard InChI is InChI=1S/C15H24F2N4O/c1-10-12(8-21(20-10)9-14(16)17)15(22)19-13(7-18)11-5-3-2-4-6-11/h8,11,13-14H,2-7,9,18H2,1H3,(H,19,22). The van der Waals surface area contributed by atoms with E-state index < -0.39 is 13.0 Å². The molecule has 1 aliphatic rings. The molecule has 22 heavy (non-hydrogen) atoms. The molecule has 1 saturated carbocycles. The summed E-state index contributed by atoms with van der Waals surface area (Å²) in [5.41, 5.74) is 6.60. The normalized spacial score (nSPS) is 17.7. The first-order chi connectivity index (χ1) is 10.5. The number of alkyl halides is 2. The number of nitrogens with zero attached hydrogens (tertiary/aromatic N) is 2. The molecule has 3 N–H and O–H groups in total. The first kappa shape index (κ1) is 16.9. The van der Waals surface area contributed by atoms with Crippen LogP contribution in [-0.2, 0) is 6.54 Å². The highest BCUT2D eigenvalue weighted by Gasteiger charge is 2.25. The number of carbonyl (C=O) groups is 1. The van der Waals surface area contributed by atoms with Gasteiger partial charge in [0.05, 0.1) is 11.3 Å². The van der Waals surface area contributed by atoms with Crippen molar-refractivity contribution in [3.8, 4) is 0 Å². The number of hydrogen-bond donors (Lipinski definition) is 2. The van der Waals surface area contributed by atoms with Crippen LogP contribution in [0.2, 0.25) is 0 Å². The Kier molecular flexibility index (Phi) is 5.88. The lowest BCUT2D eigenvalue weighted by molar-refractivity contribution is 0.0913. The molecule has 0 aromatic carbocycles. The summed E-state index contributed by atoms with van der Waals surface area (Å²) in [5.74, 6) is 0.123. The lowest BCUT2D eigenvalue weighted by Crippen LogP contribution is -2.46. The Hall–Kier alpha value is -1.50. The van der Waals surface area contributed by atoms with Crippen LogP contribution in [-0.4, -0.2) is 34.7 Å². The molecule has 5 nitrogen and oxygen atoms in total. The molecule has 0 bridgehead atoms. The molecule has 1 fully saturated rings. The van der Waals surface area contributed by atoms with E-state index in [9.17, 15) is 13.6 Å². The van der Waals surface area contributed by atoms with Gasteiger partial charge in [0, 0.05) is 18.8 Å². The summed E-state index contributed by atoms with van der Waals surface area (Å²) in [7, 11) is 0. The fourth-order valence-corrected chi connectivity index (χ4v) is 3.13. The van der Waals surface area contributed by atoms with Gasteiger partial charge < -0.3 is 11.1 Å². The lowest BCUT2D eigenvalue weighted by Gasteiger charge is -2.30. The van der Waals surface area contributed by atoms with Crippen molar-refractivity contribution in [2.24, 2.45) is 11.7 Å². The molecule has 1 aliphatic carbocycles. The van der Waals surface area contributed by atoms with E-state index in [0.29, 0.717) is 23.7 Å². The molecule has 1 aromatic heterocycles. The molecule has 124 valence electrons. The maximum absolute atomic E-state index is 12.4. The third-order valence-corrected chi connectivity index (χ3v) is 4.31. The zero-order chi connectivity index (χ0) is 16.1. The van der Waals surface area contributed by atoms with Crippen molar-refractivity contribution < 1.29 is 13.6 Å². The molecule has 7 heteroatoms. The minimum Gasteiger partial charge on any atom is -0.348 e. The molecule has 1 unspecified atom stereocenters.